The molecule has 1 aromatic heterocycles. The van der Waals surface area contributed by atoms with Crippen molar-refractivity contribution in [3.8, 4) is 23.1 Å². The van der Waals surface area contributed by atoms with Crippen molar-refractivity contribution in [3.63, 3.8) is 0 Å². The number of aromatic nitrogens is 1. The fourth-order valence-corrected chi connectivity index (χ4v) is 3.24. The van der Waals surface area contributed by atoms with E-state index in [1.807, 2.05) is 23.6 Å². The molecule has 1 N–H and O–H groups in total. The Kier molecular flexibility index (Phi) is 5.50. The Hall–Kier alpha value is -3.53. The second-order valence-electron chi connectivity index (χ2n) is 6.00. The molecular weight excluding hydrogens is 361 g/mol. The summed E-state index contributed by atoms with van der Waals surface area (Å²) in [5, 5.41) is 12.9. The highest BCUT2D eigenvalue weighted by Crippen LogP contribution is 2.36. The Morgan fingerprint density at radius 1 is 1.25 bits per heavy atom. The number of nitriles is 1. The quantitative estimate of drug-likeness (QED) is 0.681. The number of hydrogen-bond acceptors (Lipinski definition) is 4. The molecule has 0 atom stereocenters. The highest BCUT2D eigenvalue weighted by Gasteiger charge is 2.20. The summed E-state index contributed by atoms with van der Waals surface area (Å²) in [5.41, 5.74) is 2.48. The topological polar surface area (TPSA) is 76.3 Å². The fraction of sp³-hybridized carbons (Fsp3) is 0.238. The Labute approximate surface area is 162 Å². The van der Waals surface area contributed by atoms with E-state index in [0.717, 1.165) is 10.9 Å². The lowest BCUT2D eigenvalue weighted by Crippen LogP contribution is -2.14. The Morgan fingerprint density at radius 3 is 2.64 bits per heavy atom. The normalized spacial score (nSPS) is 10.5. The van der Waals surface area contributed by atoms with Crippen LogP contribution in [0.15, 0.2) is 36.4 Å². The van der Waals surface area contributed by atoms with Crippen LogP contribution in [-0.2, 0) is 11.3 Å². The van der Waals surface area contributed by atoms with E-state index in [2.05, 4.69) is 11.4 Å². The lowest BCUT2D eigenvalue weighted by molar-refractivity contribution is 0.168. The molecule has 0 fully saturated rings. The summed E-state index contributed by atoms with van der Waals surface area (Å²) < 4.78 is 26.6. The van der Waals surface area contributed by atoms with Crippen molar-refractivity contribution in [3.05, 3.63) is 47.8 Å². The summed E-state index contributed by atoms with van der Waals surface area (Å²) in [6, 6.07) is 12.2. The highest BCUT2D eigenvalue weighted by molar-refractivity contribution is 5.95. The predicted molar refractivity (Wildman–Crippen MR) is 105 cm³/mol. The number of methoxy groups -OCH3 is 1. The average Bonchev–Trinajstić information content (AvgIpc) is 3.02. The van der Waals surface area contributed by atoms with Crippen LogP contribution < -0.4 is 10.1 Å². The zero-order chi connectivity index (χ0) is 20.3. The lowest BCUT2D eigenvalue weighted by atomic mass is 10.1. The van der Waals surface area contributed by atoms with Crippen LogP contribution in [-0.4, -0.2) is 24.4 Å². The molecule has 0 radical (unpaired) electrons. The van der Waals surface area contributed by atoms with Crippen molar-refractivity contribution in [1.82, 2.24) is 4.57 Å². The van der Waals surface area contributed by atoms with E-state index in [1.54, 1.807) is 26.2 Å². The molecule has 0 saturated heterocycles. The fourth-order valence-electron chi connectivity index (χ4n) is 3.24. The van der Waals surface area contributed by atoms with Gasteiger partial charge in [0.25, 0.3) is 0 Å². The van der Waals surface area contributed by atoms with Gasteiger partial charge in [-0.1, -0.05) is 6.07 Å². The van der Waals surface area contributed by atoms with Gasteiger partial charge in [0.1, 0.15) is 17.6 Å². The molecule has 28 heavy (non-hydrogen) atoms. The molecule has 6 nitrogen and oxygen atoms in total. The number of rotatable bonds is 5. The third-order valence-electron chi connectivity index (χ3n) is 4.45. The molecule has 0 aliphatic carbocycles. The van der Waals surface area contributed by atoms with Crippen molar-refractivity contribution < 1.29 is 18.7 Å². The number of carbonyl (C=O) groups is 1. The molecule has 3 rings (SSSR count). The van der Waals surface area contributed by atoms with Gasteiger partial charge in [-0.2, -0.15) is 5.26 Å². The van der Waals surface area contributed by atoms with Crippen LogP contribution in [0, 0.1) is 17.1 Å². The number of anilines is 1. The SMILES string of the molecule is CCOC(=O)Nc1ccc(-c2c(C#N)c3ccc(OC)cc3n2CC)cc1F. The molecule has 0 aliphatic rings. The maximum absolute atomic E-state index is 14.6. The summed E-state index contributed by atoms with van der Waals surface area (Å²) in [6.45, 7) is 4.40. The van der Waals surface area contributed by atoms with Crippen molar-refractivity contribution in [2.75, 3.05) is 19.0 Å². The molecule has 3 aromatic rings. The standard InChI is InChI=1S/C21H20FN3O3/c1-4-25-19-11-14(27-3)7-8-15(19)16(12-23)20(25)13-6-9-18(17(22)10-13)24-21(26)28-5-2/h6-11H,4-5H2,1-3H3,(H,24,26). The van der Waals surface area contributed by atoms with Gasteiger partial charge >= 0.3 is 6.09 Å². The Balaban J connectivity index is 2.14. The largest absolute Gasteiger partial charge is 0.497 e. The van der Waals surface area contributed by atoms with Gasteiger partial charge in [-0.3, -0.25) is 5.32 Å². The van der Waals surface area contributed by atoms with Crippen LogP contribution in [0.2, 0.25) is 0 Å². The van der Waals surface area contributed by atoms with Crippen molar-refractivity contribution >= 4 is 22.7 Å². The maximum Gasteiger partial charge on any atom is 0.411 e. The molecule has 1 amide bonds. The second-order valence-corrected chi connectivity index (χ2v) is 6.00. The molecule has 0 bridgehead atoms. The summed E-state index contributed by atoms with van der Waals surface area (Å²) in [4.78, 5) is 11.5. The maximum atomic E-state index is 14.6. The van der Waals surface area contributed by atoms with Crippen LogP contribution in [0.5, 0.6) is 5.75 Å². The summed E-state index contributed by atoms with van der Waals surface area (Å²) in [5.74, 6) is 0.0656. The highest BCUT2D eigenvalue weighted by atomic mass is 19.1. The first-order chi connectivity index (χ1) is 13.5. The summed E-state index contributed by atoms with van der Waals surface area (Å²) in [7, 11) is 1.58. The van der Waals surface area contributed by atoms with Crippen molar-refractivity contribution in [2.24, 2.45) is 0 Å². The van der Waals surface area contributed by atoms with Crippen LogP contribution in [0.3, 0.4) is 0 Å². The van der Waals surface area contributed by atoms with Crippen molar-refractivity contribution in [2.45, 2.75) is 20.4 Å². The van der Waals surface area contributed by atoms with Gasteiger partial charge < -0.3 is 14.0 Å². The van der Waals surface area contributed by atoms with E-state index in [-0.39, 0.29) is 12.3 Å². The minimum Gasteiger partial charge on any atom is -0.497 e. The first kappa shape index (κ1) is 19.2. The molecule has 0 spiro atoms. The number of nitrogens with zero attached hydrogens (tertiary/aromatic N) is 2. The summed E-state index contributed by atoms with van der Waals surface area (Å²) in [6.07, 6.45) is -0.721. The molecule has 2 aromatic carbocycles. The number of amides is 1. The van der Waals surface area contributed by atoms with Gasteiger partial charge in [0, 0.05) is 23.6 Å². The van der Waals surface area contributed by atoms with Crippen molar-refractivity contribution in [1.29, 1.82) is 5.26 Å². The van der Waals surface area contributed by atoms with Gasteiger partial charge in [-0.15, -0.1) is 0 Å². The minimum absolute atomic E-state index is 0.0153. The first-order valence-corrected chi connectivity index (χ1v) is 8.88. The van der Waals surface area contributed by atoms with Crippen LogP contribution in [0.25, 0.3) is 22.2 Å². The number of ether oxygens (including phenoxy) is 2. The van der Waals surface area contributed by atoms with E-state index >= 15 is 0 Å². The van der Waals surface area contributed by atoms with Gasteiger partial charge in [0.05, 0.1) is 36.2 Å². The third kappa shape index (κ3) is 3.37. The minimum atomic E-state index is -0.721. The predicted octanol–water partition coefficient (Wildman–Crippen LogP) is 4.92. The zero-order valence-electron chi connectivity index (χ0n) is 15.9. The Bertz CT molecular complexity index is 1080. The smallest absolute Gasteiger partial charge is 0.411 e. The monoisotopic (exact) mass is 381 g/mol. The second kappa shape index (κ2) is 8.01. The molecule has 0 unspecified atom stereocenters. The van der Waals surface area contributed by atoms with Gasteiger partial charge in [0.15, 0.2) is 0 Å². The van der Waals surface area contributed by atoms with E-state index < -0.39 is 11.9 Å². The lowest BCUT2D eigenvalue weighted by Gasteiger charge is -2.11. The van der Waals surface area contributed by atoms with Crippen LogP contribution in [0.4, 0.5) is 14.9 Å². The number of fused-ring (bicyclic) bond motifs is 1. The summed E-state index contributed by atoms with van der Waals surface area (Å²) >= 11 is 0. The third-order valence-corrected chi connectivity index (χ3v) is 4.45. The van der Waals surface area contributed by atoms with E-state index in [9.17, 15) is 14.4 Å². The molecule has 0 aliphatic heterocycles. The van der Waals surface area contributed by atoms with Crippen LogP contribution >= 0.6 is 0 Å². The molecular formula is C21H20FN3O3. The molecule has 1 heterocycles. The van der Waals surface area contributed by atoms with E-state index in [1.165, 1.54) is 12.1 Å². The van der Waals surface area contributed by atoms with E-state index in [4.69, 9.17) is 9.47 Å². The van der Waals surface area contributed by atoms with Gasteiger partial charge in [-0.25, -0.2) is 9.18 Å². The molecule has 0 saturated carbocycles. The number of aryl methyl sites for hydroxylation is 1. The number of carbonyl (C=O) groups excluding carboxylic acids is 1. The molecule has 7 heteroatoms. The Morgan fingerprint density at radius 2 is 2.04 bits per heavy atom. The van der Waals surface area contributed by atoms with Crippen LogP contribution in [0.1, 0.15) is 19.4 Å². The number of hydrogen-bond donors (Lipinski definition) is 1. The first-order valence-electron chi connectivity index (χ1n) is 8.88. The average molecular weight is 381 g/mol. The van der Waals surface area contributed by atoms with E-state index in [0.29, 0.717) is 29.1 Å². The van der Waals surface area contributed by atoms with Gasteiger partial charge in [-0.05, 0) is 38.1 Å². The zero-order valence-corrected chi connectivity index (χ0v) is 15.9. The molecule has 144 valence electrons. The van der Waals surface area contributed by atoms with Gasteiger partial charge in [0.2, 0.25) is 0 Å². The number of halogens is 1. The number of benzene rings is 2. The number of nitrogens with one attached hydrogen (secondary N) is 1.